The molecule has 2 rings (SSSR count). The van der Waals surface area contributed by atoms with E-state index >= 15 is 0 Å². The van der Waals surface area contributed by atoms with Gasteiger partial charge in [0.25, 0.3) is 0 Å². The molecule has 0 bridgehead atoms. The van der Waals surface area contributed by atoms with Crippen molar-refractivity contribution in [2.24, 2.45) is 0 Å². The zero-order valence-corrected chi connectivity index (χ0v) is 10.2. The Kier molecular flexibility index (Phi) is 2.95. The van der Waals surface area contributed by atoms with Crippen molar-refractivity contribution in [2.45, 2.75) is 39.8 Å². The van der Waals surface area contributed by atoms with Crippen molar-refractivity contribution < 1.29 is 9.36 Å². The van der Waals surface area contributed by atoms with E-state index in [1.807, 2.05) is 4.90 Å². The Morgan fingerprint density at radius 3 is 2.81 bits per heavy atom. The Morgan fingerprint density at radius 2 is 2.19 bits per heavy atom. The molecule has 0 spiro atoms. The fraction of sp³-hybridized carbons (Fsp3) is 0.538. The number of hydrogen-bond acceptors (Lipinski definition) is 1. The molecule has 2 heterocycles. The largest absolute Gasteiger partial charge is 0.338 e. The maximum absolute atomic E-state index is 11.3. The van der Waals surface area contributed by atoms with E-state index in [0.717, 1.165) is 19.5 Å². The summed E-state index contributed by atoms with van der Waals surface area (Å²) in [6.45, 7) is 7.59. The SMILES string of the molecule is CC(=O)N1CCc2cc[n+](C(C)C)cc2C1. The normalized spacial score (nSPS) is 15.1. The van der Waals surface area contributed by atoms with Gasteiger partial charge in [-0.2, -0.15) is 0 Å². The van der Waals surface area contributed by atoms with Crippen molar-refractivity contribution in [1.82, 2.24) is 4.90 Å². The van der Waals surface area contributed by atoms with E-state index < -0.39 is 0 Å². The second kappa shape index (κ2) is 4.24. The topological polar surface area (TPSA) is 24.2 Å². The predicted octanol–water partition coefficient (Wildman–Crippen LogP) is 1.46. The zero-order valence-electron chi connectivity index (χ0n) is 10.2. The lowest BCUT2D eigenvalue weighted by Crippen LogP contribution is -2.40. The van der Waals surface area contributed by atoms with E-state index in [1.165, 1.54) is 11.1 Å². The summed E-state index contributed by atoms with van der Waals surface area (Å²) in [6, 6.07) is 2.66. The van der Waals surface area contributed by atoms with E-state index in [-0.39, 0.29) is 5.91 Å². The van der Waals surface area contributed by atoms with Gasteiger partial charge in [0.2, 0.25) is 5.91 Å². The minimum Gasteiger partial charge on any atom is -0.338 e. The van der Waals surface area contributed by atoms with Gasteiger partial charge in [0.05, 0.1) is 6.54 Å². The smallest absolute Gasteiger partial charge is 0.219 e. The van der Waals surface area contributed by atoms with E-state index in [1.54, 1.807) is 6.92 Å². The van der Waals surface area contributed by atoms with Crippen LogP contribution >= 0.6 is 0 Å². The molecular weight excluding hydrogens is 200 g/mol. The third-order valence-corrected chi connectivity index (χ3v) is 3.22. The first-order valence-electron chi connectivity index (χ1n) is 5.86. The lowest BCUT2D eigenvalue weighted by atomic mass is 10.0. The van der Waals surface area contributed by atoms with Crippen LogP contribution in [0.25, 0.3) is 0 Å². The molecule has 86 valence electrons. The van der Waals surface area contributed by atoms with Crippen molar-refractivity contribution in [3.8, 4) is 0 Å². The van der Waals surface area contributed by atoms with Gasteiger partial charge in [-0.15, -0.1) is 0 Å². The predicted molar refractivity (Wildman–Crippen MR) is 61.8 cm³/mol. The maximum atomic E-state index is 11.3. The third kappa shape index (κ3) is 2.08. The van der Waals surface area contributed by atoms with Crippen LogP contribution in [0.3, 0.4) is 0 Å². The molecule has 0 N–H and O–H groups in total. The van der Waals surface area contributed by atoms with Gasteiger partial charge in [-0.05, 0) is 25.8 Å². The van der Waals surface area contributed by atoms with Crippen molar-refractivity contribution in [3.05, 3.63) is 29.6 Å². The van der Waals surface area contributed by atoms with E-state index in [0.29, 0.717) is 6.04 Å². The first-order chi connectivity index (χ1) is 7.58. The molecule has 0 unspecified atom stereocenters. The van der Waals surface area contributed by atoms with Gasteiger partial charge in [-0.1, -0.05) is 0 Å². The van der Waals surface area contributed by atoms with Crippen molar-refractivity contribution in [1.29, 1.82) is 0 Å². The highest BCUT2D eigenvalue weighted by Gasteiger charge is 2.21. The molecule has 1 amide bonds. The van der Waals surface area contributed by atoms with Gasteiger partial charge in [0.1, 0.15) is 0 Å². The van der Waals surface area contributed by atoms with Crippen LogP contribution in [0.1, 0.15) is 37.9 Å². The standard InChI is InChI=1S/C13H19N2O/c1-10(2)14-6-4-12-5-7-15(11(3)16)9-13(12)8-14/h4,6,8,10H,5,7,9H2,1-3H3/q+1. The number of aromatic nitrogens is 1. The molecule has 0 saturated heterocycles. The van der Waals surface area contributed by atoms with Crippen molar-refractivity contribution in [3.63, 3.8) is 0 Å². The third-order valence-electron chi connectivity index (χ3n) is 3.22. The molecule has 3 heteroatoms. The summed E-state index contributed by atoms with van der Waals surface area (Å²) in [5.41, 5.74) is 2.67. The molecule has 1 aliphatic heterocycles. The van der Waals surface area contributed by atoms with Gasteiger partial charge in [0, 0.05) is 25.1 Å². The van der Waals surface area contributed by atoms with Crippen molar-refractivity contribution in [2.75, 3.05) is 6.54 Å². The van der Waals surface area contributed by atoms with Gasteiger partial charge in [-0.3, -0.25) is 4.79 Å². The number of fused-ring (bicyclic) bond motifs is 1. The van der Waals surface area contributed by atoms with Gasteiger partial charge >= 0.3 is 0 Å². The monoisotopic (exact) mass is 219 g/mol. The van der Waals surface area contributed by atoms with Crippen LogP contribution in [0.4, 0.5) is 0 Å². The van der Waals surface area contributed by atoms with Gasteiger partial charge in [-0.25, -0.2) is 4.57 Å². The summed E-state index contributed by atoms with van der Waals surface area (Å²) in [5, 5.41) is 0. The average molecular weight is 219 g/mol. The van der Waals surface area contributed by atoms with Crippen LogP contribution in [-0.4, -0.2) is 17.4 Å². The van der Waals surface area contributed by atoms with Gasteiger partial charge in [0.15, 0.2) is 18.4 Å². The Hall–Kier alpha value is -1.38. The minimum atomic E-state index is 0.172. The molecule has 1 aromatic heterocycles. The highest BCUT2D eigenvalue weighted by Crippen LogP contribution is 2.17. The Labute approximate surface area is 96.7 Å². The number of carbonyl (C=O) groups is 1. The van der Waals surface area contributed by atoms with E-state index in [2.05, 4.69) is 36.9 Å². The highest BCUT2D eigenvalue weighted by atomic mass is 16.2. The second-order valence-corrected chi connectivity index (χ2v) is 4.73. The van der Waals surface area contributed by atoms with Crippen LogP contribution in [-0.2, 0) is 17.8 Å². The molecule has 16 heavy (non-hydrogen) atoms. The summed E-state index contributed by atoms with van der Waals surface area (Å²) in [4.78, 5) is 13.3. The number of pyridine rings is 1. The molecule has 0 aromatic carbocycles. The summed E-state index contributed by atoms with van der Waals surface area (Å²) in [5.74, 6) is 0.172. The fourth-order valence-corrected chi connectivity index (χ4v) is 2.11. The zero-order chi connectivity index (χ0) is 11.7. The summed E-state index contributed by atoms with van der Waals surface area (Å²) >= 11 is 0. The fourth-order valence-electron chi connectivity index (χ4n) is 2.11. The first kappa shape index (κ1) is 11.1. The highest BCUT2D eigenvalue weighted by molar-refractivity contribution is 5.73. The van der Waals surface area contributed by atoms with Crippen LogP contribution in [0, 0.1) is 0 Å². The van der Waals surface area contributed by atoms with E-state index in [9.17, 15) is 4.79 Å². The molecule has 0 aliphatic carbocycles. The Bertz CT molecular complexity index is 412. The lowest BCUT2D eigenvalue weighted by Gasteiger charge is -2.26. The quantitative estimate of drug-likeness (QED) is 0.656. The molecule has 0 atom stereocenters. The molecule has 0 radical (unpaired) electrons. The maximum Gasteiger partial charge on any atom is 0.219 e. The Balaban J connectivity index is 2.28. The summed E-state index contributed by atoms with van der Waals surface area (Å²) in [6.07, 6.45) is 5.29. The average Bonchev–Trinajstić information content (AvgIpc) is 2.27. The molecule has 0 saturated carbocycles. The first-order valence-corrected chi connectivity index (χ1v) is 5.86. The van der Waals surface area contributed by atoms with Crippen LogP contribution < -0.4 is 4.57 Å². The number of carbonyl (C=O) groups excluding carboxylic acids is 1. The van der Waals surface area contributed by atoms with Gasteiger partial charge < -0.3 is 4.90 Å². The van der Waals surface area contributed by atoms with E-state index in [4.69, 9.17) is 0 Å². The molecule has 0 fully saturated rings. The second-order valence-electron chi connectivity index (χ2n) is 4.73. The number of hydrogen-bond donors (Lipinski definition) is 0. The van der Waals surface area contributed by atoms with Crippen LogP contribution in [0.2, 0.25) is 0 Å². The number of rotatable bonds is 1. The van der Waals surface area contributed by atoms with Crippen LogP contribution in [0.5, 0.6) is 0 Å². The van der Waals surface area contributed by atoms with Crippen LogP contribution in [0.15, 0.2) is 18.5 Å². The van der Waals surface area contributed by atoms with Crippen molar-refractivity contribution >= 4 is 5.91 Å². The molecule has 3 nitrogen and oxygen atoms in total. The molecule has 1 aliphatic rings. The number of nitrogens with zero attached hydrogens (tertiary/aromatic N) is 2. The lowest BCUT2D eigenvalue weighted by molar-refractivity contribution is -0.716. The number of amides is 1. The molecular formula is C13H19N2O+. The minimum absolute atomic E-state index is 0.172. The molecule has 1 aromatic rings. The Morgan fingerprint density at radius 1 is 1.44 bits per heavy atom. The summed E-state index contributed by atoms with van der Waals surface area (Å²) in [7, 11) is 0. The summed E-state index contributed by atoms with van der Waals surface area (Å²) < 4.78 is 2.20.